The van der Waals surface area contributed by atoms with Crippen molar-refractivity contribution in [2.75, 3.05) is 6.54 Å². The van der Waals surface area contributed by atoms with Gasteiger partial charge in [0.2, 0.25) is 12.0 Å². The van der Waals surface area contributed by atoms with Crippen molar-refractivity contribution in [3.63, 3.8) is 0 Å². The summed E-state index contributed by atoms with van der Waals surface area (Å²) in [6.07, 6.45) is -0.295. The van der Waals surface area contributed by atoms with Crippen LogP contribution in [0.15, 0.2) is 29.4 Å². The normalized spacial score (nSPS) is 17.9. The van der Waals surface area contributed by atoms with E-state index in [4.69, 9.17) is 4.84 Å². The summed E-state index contributed by atoms with van der Waals surface area (Å²) in [7, 11) is 0. The van der Waals surface area contributed by atoms with Crippen molar-refractivity contribution in [3.8, 4) is 0 Å². The van der Waals surface area contributed by atoms with Gasteiger partial charge in [0.1, 0.15) is 6.04 Å². The summed E-state index contributed by atoms with van der Waals surface area (Å²) in [6, 6.07) is 7.29. The Bertz CT molecular complexity index is 623. The van der Waals surface area contributed by atoms with Crippen molar-refractivity contribution in [3.05, 3.63) is 35.4 Å². The van der Waals surface area contributed by atoms with E-state index in [-0.39, 0.29) is 11.8 Å². The molecule has 1 heterocycles. The zero-order valence-electron chi connectivity index (χ0n) is 14.6. The molecule has 0 saturated carbocycles. The van der Waals surface area contributed by atoms with Crippen molar-refractivity contribution in [2.24, 2.45) is 11.1 Å². The summed E-state index contributed by atoms with van der Waals surface area (Å²) < 4.78 is 0. The molecule has 0 radical (unpaired) electrons. The zero-order valence-corrected chi connectivity index (χ0v) is 14.6. The van der Waals surface area contributed by atoms with Gasteiger partial charge in [-0.25, -0.2) is 0 Å². The molecule has 2 amide bonds. The maximum absolute atomic E-state index is 12.2. The Balaban J connectivity index is 1.84. The van der Waals surface area contributed by atoms with Gasteiger partial charge in [0.25, 0.3) is 5.91 Å². The van der Waals surface area contributed by atoms with E-state index in [1.807, 2.05) is 45.0 Å². The molecule has 0 spiro atoms. The average Bonchev–Trinajstić information content (AvgIpc) is 3.03. The van der Waals surface area contributed by atoms with Crippen molar-refractivity contribution < 1.29 is 14.4 Å². The third-order valence-corrected chi connectivity index (χ3v) is 3.78. The van der Waals surface area contributed by atoms with E-state index in [2.05, 4.69) is 15.8 Å². The van der Waals surface area contributed by atoms with Gasteiger partial charge >= 0.3 is 0 Å². The number of benzene rings is 1. The molecule has 0 unspecified atom stereocenters. The molecule has 6 heteroatoms. The third-order valence-electron chi connectivity index (χ3n) is 3.78. The number of aryl methyl sites for hydroxylation is 1. The first-order chi connectivity index (χ1) is 11.4. The van der Waals surface area contributed by atoms with Gasteiger partial charge in [0, 0.05) is 13.0 Å². The molecule has 2 rings (SSSR count). The summed E-state index contributed by atoms with van der Waals surface area (Å²) in [5.41, 5.74) is 2.85. The molecule has 1 aromatic rings. The van der Waals surface area contributed by atoms with Crippen molar-refractivity contribution in [1.82, 2.24) is 10.6 Å². The van der Waals surface area contributed by atoms with E-state index >= 15 is 0 Å². The molecule has 24 heavy (non-hydrogen) atoms. The van der Waals surface area contributed by atoms with Gasteiger partial charge in [-0.2, -0.15) is 0 Å². The highest BCUT2D eigenvalue weighted by Gasteiger charge is 2.30. The highest BCUT2D eigenvalue weighted by atomic mass is 16.6. The topological polar surface area (TPSA) is 79.8 Å². The molecular formula is C18H25N3O3. The minimum Gasteiger partial charge on any atom is -0.382 e. The summed E-state index contributed by atoms with van der Waals surface area (Å²) in [4.78, 5) is 29.4. The molecule has 0 aliphatic carbocycles. The fourth-order valence-corrected chi connectivity index (χ4v) is 2.26. The summed E-state index contributed by atoms with van der Waals surface area (Å²) in [5.74, 6) is -0.164. The molecule has 2 N–H and O–H groups in total. The summed E-state index contributed by atoms with van der Waals surface area (Å²) in [5, 5.41) is 9.48. The van der Waals surface area contributed by atoms with Gasteiger partial charge in [-0.3, -0.25) is 9.59 Å². The van der Waals surface area contributed by atoms with Gasteiger partial charge < -0.3 is 15.5 Å². The fraction of sp³-hybridized carbons (Fsp3) is 0.500. The van der Waals surface area contributed by atoms with Crippen molar-refractivity contribution in [1.29, 1.82) is 0 Å². The second kappa shape index (κ2) is 7.95. The van der Waals surface area contributed by atoms with E-state index in [9.17, 15) is 9.59 Å². The molecule has 6 nitrogen and oxygen atoms in total. The quantitative estimate of drug-likeness (QED) is 0.834. The van der Waals surface area contributed by atoms with Crippen LogP contribution in [0.1, 0.15) is 38.3 Å². The third kappa shape index (κ3) is 4.81. The van der Waals surface area contributed by atoms with Crippen molar-refractivity contribution >= 4 is 17.5 Å². The summed E-state index contributed by atoms with van der Waals surface area (Å²) in [6.45, 7) is 8.28. The number of amides is 2. The molecule has 2 atom stereocenters. The number of nitrogens with one attached hydrogen (secondary N) is 2. The fourth-order valence-electron chi connectivity index (χ4n) is 2.26. The lowest BCUT2D eigenvalue weighted by Gasteiger charge is -2.16. The first-order valence-corrected chi connectivity index (χ1v) is 8.24. The summed E-state index contributed by atoms with van der Waals surface area (Å²) >= 11 is 0. The molecule has 0 aromatic heterocycles. The van der Waals surface area contributed by atoms with Gasteiger partial charge in [-0.05, 0) is 25.3 Å². The largest absolute Gasteiger partial charge is 0.382 e. The second-order valence-electron chi connectivity index (χ2n) is 6.57. The van der Waals surface area contributed by atoms with E-state index in [1.54, 1.807) is 6.92 Å². The van der Waals surface area contributed by atoms with Crippen molar-refractivity contribution in [2.45, 2.75) is 46.3 Å². The van der Waals surface area contributed by atoms with Crippen LogP contribution in [0.4, 0.5) is 0 Å². The maximum atomic E-state index is 12.2. The van der Waals surface area contributed by atoms with Crippen LogP contribution in [0.3, 0.4) is 0 Å². The highest BCUT2D eigenvalue weighted by molar-refractivity contribution is 6.04. The molecule has 130 valence electrons. The van der Waals surface area contributed by atoms with Crippen LogP contribution in [0.5, 0.6) is 0 Å². The van der Waals surface area contributed by atoms with Gasteiger partial charge in [0.05, 0.1) is 5.71 Å². The molecule has 1 aliphatic rings. The molecular weight excluding hydrogens is 306 g/mol. The number of oxime groups is 1. The zero-order chi connectivity index (χ0) is 17.7. The Morgan fingerprint density at radius 1 is 1.25 bits per heavy atom. The molecule has 0 bridgehead atoms. The number of carbonyl (C=O) groups is 2. The lowest BCUT2D eigenvalue weighted by Crippen LogP contribution is -2.48. The van der Waals surface area contributed by atoms with E-state index in [0.29, 0.717) is 18.9 Å². The maximum Gasteiger partial charge on any atom is 0.264 e. The molecule has 0 saturated heterocycles. The number of rotatable bonds is 6. The van der Waals surface area contributed by atoms with Gasteiger partial charge in [-0.15, -0.1) is 0 Å². The smallest absolute Gasteiger partial charge is 0.264 e. The van der Waals surface area contributed by atoms with Crippen LogP contribution in [-0.2, 0) is 14.4 Å². The lowest BCUT2D eigenvalue weighted by atomic mass is 10.0. The monoisotopic (exact) mass is 331 g/mol. The Kier molecular flexibility index (Phi) is 5.95. The Morgan fingerprint density at radius 3 is 2.54 bits per heavy atom. The minimum atomic E-state index is -0.693. The number of hydrogen-bond donors (Lipinski definition) is 2. The van der Waals surface area contributed by atoms with E-state index in [0.717, 1.165) is 16.8 Å². The van der Waals surface area contributed by atoms with Gasteiger partial charge in [-0.1, -0.05) is 48.8 Å². The standard InChI is InChI=1S/C18H25N3O3/c1-11(2)10-19-17(22)13(4)20-18(23)16-9-15(21-24-16)14-7-5-12(3)6-8-14/h5-8,11,13,16H,9-10H2,1-4H3,(H,19,22)(H,20,23)/t13-,16+/m0/s1. The predicted molar refractivity (Wildman–Crippen MR) is 92.7 cm³/mol. The molecule has 1 aliphatic heterocycles. The number of carbonyl (C=O) groups excluding carboxylic acids is 2. The van der Waals surface area contributed by atoms with Crippen LogP contribution < -0.4 is 10.6 Å². The second-order valence-corrected chi connectivity index (χ2v) is 6.57. The number of nitrogens with zero attached hydrogens (tertiary/aromatic N) is 1. The van der Waals surface area contributed by atoms with E-state index in [1.165, 1.54) is 0 Å². The Hall–Kier alpha value is -2.37. The van der Waals surface area contributed by atoms with E-state index < -0.39 is 12.1 Å². The highest BCUT2D eigenvalue weighted by Crippen LogP contribution is 2.17. The minimum absolute atomic E-state index is 0.199. The number of hydrogen-bond acceptors (Lipinski definition) is 4. The van der Waals surface area contributed by atoms with Crippen LogP contribution in [-0.4, -0.2) is 36.2 Å². The predicted octanol–water partition coefficient (Wildman–Crippen LogP) is 1.76. The Morgan fingerprint density at radius 2 is 1.92 bits per heavy atom. The first-order valence-electron chi connectivity index (χ1n) is 8.24. The van der Waals surface area contributed by atoms with Crippen LogP contribution >= 0.6 is 0 Å². The SMILES string of the molecule is Cc1ccc(C2=NO[C@@H](C(=O)N[C@@H](C)C(=O)NCC(C)C)C2)cc1. The van der Waals surface area contributed by atoms with Crippen LogP contribution in [0, 0.1) is 12.8 Å². The lowest BCUT2D eigenvalue weighted by molar-refractivity contribution is -0.135. The molecule has 1 aromatic carbocycles. The van der Waals surface area contributed by atoms with Crippen LogP contribution in [0.25, 0.3) is 0 Å². The Labute approximate surface area is 142 Å². The molecule has 0 fully saturated rings. The first kappa shape index (κ1) is 18.0. The van der Waals surface area contributed by atoms with Gasteiger partial charge in [0.15, 0.2) is 0 Å². The van der Waals surface area contributed by atoms with Crippen LogP contribution in [0.2, 0.25) is 0 Å². The average molecular weight is 331 g/mol.